The Morgan fingerprint density at radius 3 is 1.35 bits per heavy atom. The van der Waals surface area contributed by atoms with E-state index in [-0.39, 0.29) is 0 Å². The molecular formula is C41H81NO6. The molecule has 7 nitrogen and oxygen atoms in total. The van der Waals surface area contributed by atoms with Crippen LogP contribution >= 0.6 is 0 Å². The fraction of sp³-hybridized carbons (Fsp3) is 1.00. The lowest BCUT2D eigenvalue weighted by molar-refractivity contribution is -0.318. The third kappa shape index (κ3) is 19.4. The lowest BCUT2D eigenvalue weighted by atomic mass is 9.97. The highest BCUT2D eigenvalue weighted by Gasteiger charge is 2.48. The topological polar surface area (TPSA) is 69.6 Å². The maximum absolute atomic E-state index is 11.6. The van der Waals surface area contributed by atoms with Crippen LogP contribution in [0, 0.1) is 0 Å². The Morgan fingerprint density at radius 2 is 0.958 bits per heavy atom. The molecule has 2 fully saturated rings. The fourth-order valence-electron chi connectivity index (χ4n) is 7.67. The first-order chi connectivity index (χ1) is 23.7. The number of aliphatic hydroxyl groups excluding tert-OH is 1. The van der Waals surface area contributed by atoms with E-state index in [1.807, 2.05) is 5.06 Å². The Kier molecular flexibility index (Phi) is 27.8. The molecule has 1 saturated carbocycles. The molecule has 0 spiro atoms. The maximum Gasteiger partial charge on any atom is 0.186 e. The minimum Gasteiger partial charge on any atom is -0.388 e. The smallest absolute Gasteiger partial charge is 0.186 e. The molecule has 0 aromatic rings. The first-order valence-electron chi connectivity index (χ1n) is 21.1. The molecule has 0 radical (unpaired) electrons. The van der Waals surface area contributed by atoms with Crippen LogP contribution in [0.15, 0.2) is 0 Å². The van der Waals surface area contributed by atoms with Crippen molar-refractivity contribution >= 4 is 0 Å². The summed E-state index contributed by atoms with van der Waals surface area (Å²) in [5.41, 5.74) is 0. The van der Waals surface area contributed by atoms with Crippen LogP contribution in [0.4, 0.5) is 0 Å². The van der Waals surface area contributed by atoms with Gasteiger partial charge in [-0.1, -0.05) is 168 Å². The third-order valence-corrected chi connectivity index (χ3v) is 10.8. The van der Waals surface area contributed by atoms with Gasteiger partial charge in [0.2, 0.25) is 0 Å². The monoisotopic (exact) mass is 684 g/mol. The summed E-state index contributed by atoms with van der Waals surface area (Å²) in [5.74, 6) is 0. The molecule has 2 rings (SSSR count). The average Bonchev–Trinajstić information content (AvgIpc) is 3.64. The largest absolute Gasteiger partial charge is 0.388 e. The van der Waals surface area contributed by atoms with Gasteiger partial charge in [0.25, 0.3) is 0 Å². The fourth-order valence-corrected chi connectivity index (χ4v) is 7.67. The summed E-state index contributed by atoms with van der Waals surface area (Å²) in [7, 11) is 3.40. The van der Waals surface area contributed by atoms with Crippen molar-refractivity contribution in [3.63, 3.8) is 0 Å². The van der Waals surface area contributed by atoms with E-state index in [2.05, 4.69) is 13.8 Å². The van der Waals surface area contributed by atoms with E-state index in [1.165, 1.54) is 148 Å². The van der Waals surface area contributed by atoms with Gasteiger partial charge < -0.3 is 28.9 Å². The minimum atomic E-state index is -0.806. The van der Waals surface area contributed by atoms with Crippen molar-refractivity contribution in [2.45, 2.75) is 230 Å². The summed E-state index contributed by atoms with van der Waals surface area (Å²) >= 11 is 0. The molecule has 5 atom stereocenters. The van der Waals surface area contributed by atoms with Gasteiger partial charge in [0.15, 0.2) is 6.29 Å². The zero-order chi connectivity index (χ0) is 34.5. The van der Waals surface area contributed by atoms with Gasteiger partial charge in [-0.15, -0.1) is 0 Å². The van der Waals surface area contributed by atoms with Crippen molar-refractivity contribution < 1.29 is 28.9 Å². The van der Waals surface area contributed by atoms with Gasteiger partial charge in [-0.2, -0.15) is 5.06 Å². The summed E-state index contributed by atoms with van der Waals surface area (Å²) in [4.78, 5) is 5.78. The van der Waals surface area contributed by atoms with E-state index in [9.17, 15) is 5.11 Å². The van der Waals surface area contributed by atoms with E-state index in [4.69, 9.17) is 23.8 Å². The van der Waals surface area contributed by atoms with Crippen LogP contribution < -0.4 is 0 Å². The standard InChI is InChI=1S/C41H81NO6/c1-5-7-9-11-13-15-17-19-21-23-25-29-33-46-39-38(43)37(35-42(45-4)36-31-27-28-32-36)48-41(44-3)40(39)47-34-30-26-24-22-20-18-16-14-12-10-8-6-2/h36-41,43H,5-35H2,1-4H3/t37-,38-,39+,40-,41+/m1/s1. The van der Waals surface area contributed by atoms with Crippen LogP contribution in [-0.4, -0.2) is 80.9 Å². The Morgan fingerprint density at radius 1 is 0.562 bits per heavy atom. The molecule has 1 N–H and O–H groups in total. The van der Waals surface area contributed by atoms with Crippen LogP contribution in [0.5, 0.6) is 0 Å². The molecule has 1 heterocycles. The Balaban J connectivity index is 1.75. The zero-order valence-corrected chi connectivity index (χ0v) is 32.3. The summed E-state index contributed by atoms with van der Waals surface area (Å²) in [5, 5.41) is 13.6. The summed E-state index contributed by atoms with van der Waals surface area (Å²) in [6.07, 6.45) is 33.4. The quantitative estimate of drug-likeness (QED) is 0.0545. The van der Waals surface area contributed by atoms with Gasteiger partial charge >= 0.3 is 0 Å². The second-order valence-electron chi connectivity index (χ2n) is 14.9. The summed E-state index contributed by atoms with van der Waals surface area (Å²) in [6.45, 7) is 6.31. The van der Waals surface area contributed by atoms with E-state index in [0.717, 1.165) is 32.1 Å². The van der Waals surface area contributed by atoms with Gasteiger partial charge in [-0.3, -0.25) is 0 Å². The maximum atomic E-state index is 11.6. The lowest BCUT2D eigenvalue weighted by Crippen LogP contribution is -2.62. The molecule has 7 heteroatoms. The molecule has 0 aromatic carbocycles. The average molecular weight is 684 g/mol. The number of rotatable bonds is 33. The Hall–Kier alpha value is -0.280. The predicted octanol–water partition coefficient (Wildman–Crippen LogP) is 10.7. The molecule has 1 aliphatic carbocycles. The van der Waals surface area contributed by atoms with Crippen molar-refractivity contribution in [1.29, 1.82) is 0 Å². The minimum absolute atomic E-state index is 0.368. The molecule has 2 aliphatic rings. The molecule has 1 saturated heterocycles. The Labute approximate surface area is 297 Å². The number of aliphatic hydroxyl groups is 1. The number of hydrogen-bond donors (Lipinski definition) is 1. The van der Waals surface area contributed by atoms with Gasteiger partial charge in [-0.25, -0.2) is 0 Å². The van der Waals surface area contributed by atoms with E-state index in [1.54, 1.807) is 14.2 Å². The molecule has 0 aromatic heterocycles. The summed E-state index contributed by atoms with van der Waals surface area (Å²) in [6, 6.07) is 0.368. The Bertz CT molecular complexity index is 692. The van der Waals surface area contributed by atoms with Crippen molar-refractivity contribution in [2.24, 2.45) is 0 Å². The number of methoxy groups -OCH3 is 1. The van der Waals surface area contributed by atoms with Crippen LogP contribution in [0.1, 0.15) is 194 Å². The highest BCUT2D eigenvalue weighted by Crippen LogP contribution is 2.30. The molecule has 1 aliphatic heterocycles. The van der Waals surface area contributed by atoms with Crippen LogP contribution in [0.25, 0.3) is 0 Å². The molecule has 286 valence electrons. The number of hydroxylamine groups is 2. The van der Waals surface area contributed by atoms with E-state index in [0.29, 0.717) is 25.8 Å². The number of unbranched alkanes of at least 4 members (excludes halogenated alkanes) is 22. The lowest BCUT2D eigenvalue weighted by Gasteiger charge is -2.45. The van der Waals surface area contributed by atoms with Gasteiger partial charge in [0.05, 0.1) is 13.7 Å². The number of nitrogens with zero attached hydrogens (tertiary/aromatic N) is 1. The number of hydrogen-bond acceptors (Lipinski definition) is 7. The normalized spacial score (nSPS) is 23.5. The van der Waals surface area contributed by atoms with Crippen LogP contribution in [0.3, 0.4) is 0 Å². The van der Waals surface area contributed by atoms with Crippen molar-refractivity contribution in [3.05, 3.63) is 0 Å². The van der Waals surface area contributed by atoms with Crippen molar-refractivity contribution in [2.75, 3.05) is 34.0 Å². The van der Waals surface area contributed by atoms with Crippen molar-refractivity contribution in [1.82, 2.24) is 5.06 Å². The number of ether oxygens (including phenoxy) is 4. The summed E-state index contributed by atoms with van der Waals surface area (Å²) < 4.78 is 25.1. The third-order valence-electron chi connectivity index (χ3n) is 10.8. The SMILES string of the molecule is CCCCCCCCCCCCCCO[C@H]1[C@@H](OC)O[C@H](CN(OC)C2CCCC2)[C@@H](O)[C@@H]1OCCCCCCCCCCCCCC. The zero-order valence-electron chi connectivity index (χ0n) is 32.3. The molecule has 48 heavy (non-hydrogen) atoms. The van der Waals surface area contributed by atoms with Crippen LogP contribution in [0.2, 0.25) is 0 Å². The van der Waals surface area contributed by atoms with Crippen LogP contribution in [-0.2, 0) is 23.8 Å². The molecule has 0 bridgehead atoms. The second-order valence-corrected chi connectivity index (χ2v) is 14.9. The van der Waals surface area contributed by atoms with E-state index < -0.39 is 30.7 Å². The first kappa shape index (κ1) is 43.9. The molecule has 0 unspecified atom stereocenters. The predicted molar refractivity (Wildman–Crippen MR) is 199 cm³/mol. The highest BCUT2D eigenvalue weighted by molar-refractivity contribution is 4.93. The second kappa shape index (κ2) is 30.4. The van der Waals surface area contributed by atoms with Gasteiger partial charge in [0.1, 0.15) is 24.4 Å². The van der Waals surface area contributed by atoms with Gasteiger partial charge in [-0.05, 0) is 25.7 Å². The van der Waals surface area contributed by atoms with E-state index >= 15 is 0 Å². The molecular weight excluding hydrogens is 602 g/mol. The molecule has 0 amide bonds. The highest BCUT2D eigenvalue weighted by atomic mass is 16.7. The van der Waals surface area contributed by atoms with Crippen molar-refractivity contribution in [3.8, 4) is 0 Å². The van der Waals surface area contributed by atoms with Gasteiger partial charge in [0, 0.05) is 26.4 Å². The first-order valence-corrected chi connectivity index (χ1v) is 21.1.